The third-order valence-electron chi connectivity index (χ3n) is 3.66. The van der Waals surface area contributed by atoms with Crippen LogP contribution in [0.2, 0.25) is 5.02 Å². The quantitative estimate of drug-likeness (QED) is 0.467. The fraction of sp³-hybridized carbons (Fsp3) is 0.0952. The molecule has 0 saturated carbocycles. The average Bonchev–Trinajstić information content (AvgIpc) is 2.67. The highest BCUT2D eigenvalue weighted by Crippen LogP contribution is 2.27. The van der Waals surface area contributed by atoms with Crippen molar-refractivity contribution in [2.75, 3.05) is 11.9 Å². The molecule has 0 unspecified atom stereocenters. The zero-order valence-electron chi connectivity index (χ0n) is 14.5. The molecule has 27 heavy (non-hydrogen) atoms. The van der Waals surface area contributed by atoms with Gasteiger partial charge in [0.2, 0.25) is 0 Å². The summed E-state index contributed by atoms with van der Waals surface area (Å²) >= 11 is 9.28. The third-order valence-corrected chi connectivity index (χ3v) is 4.53. The first-order valence-electron chi connectivity index (χ1n) is 8.32. The van der Waals surface area contributed by atoms with Crippen LogP contribution in [0.3, 0.4) is 0 Å². The minimum Gasteiger partial charge on any atom is -0.493 e. The van der Waals surface area contributed by atoms with Crippen molar-refractivity contribution in [3.05, 3.63) is 81.8 Å². The first kappa shape index (κ1) is 19.3. The number of hydrogen-bond acceptors (Lipinski definition) is 3. The van der Waals surface area contributed by atoms with E-state index in [1.807, 2.05) is 6.92 Å². The van der Waals surface area contributed by atoms with Crippen molar-refractivity contribution < 1.29 is 14.3 Å². The number of nitrogens with one attached hydrogen (secondary N) is 1. The number of rotatable bonds is 6. The topological polar surface area (TPSA) is 47.6 Å². The van der Waals surface area contributed by atoms with Gasteiger partial charge in [0, 0.05) is 16.3 Å². The standard InChI is InChI=1S/C21H17BrClNO3/c1-2-26-20-12-3-14(13-19(20)22)21(25)24-16-6-10-18(11-7-16)27-17-8-4-15(23)5-9-17/h3-13H,2H2,1H3,(H,24,25). The van der Waals surface area contributed by atoms with E-state index in [2.05, 4.69) is 21.2 Å². The van der Waals surface area contributed by atoms with Crippen LogP contribution in [0.1, 0.15) is 17.3 Å². The Labute approximate surface area is 171 Å². The highest BCUT2D eigenvalue weighted by atomic mass is 79.9. The van der Waals surface area contributed by atoms with E-state index < -0.39 is 0 Å². The van der Waals surface area contributed by atoms with E-state index in [9.17, 15) is 4.79 Å². The van der Waals surface area contributed by atoms with Crippen molar-refractivity contribution in [2.24, 2.45) is 0 Å². The summed E-state index contributed by atoms with van der Waals surface area (Å²) in [6.07, 6.45) is 0. The molecule has 0 heterocycles. The molecule has 1 N–H and O–H groups in total. The van der Waals surface area contributed by atoms with Crippen molar-refractivity contribution in [1.82, 2.24) is 0 Å². The van der Waals surface area contributed by atoms with Gasteiger partial charge in [-0.25, -0.2) is 0 Å². The predicted octanol–water partition coefficient (Wildman–Crippen LogP) is 6.55. The van der Waals surface area contributed by atoms with Gasteiger partial charge in [0.1, 0.15) is 17.2 Å². The summed E-state index contributed by atoms with van der Waals surface area (Å²) in [6, 6.07) is 19.5. The van der Waals surface area contributed by atoms with Gasteiger partial charge < -0.3 is 14.8 Å². The maximum atomic E-state index is 12.4. The lowest BCUT2D eigenvalue weighted by Crippen LogP contribution is -2.11. The van der Waals surface area contributed by atoms with Crippen molar-refractivity contribution in [1.29, 1.82) is 0 Å². The normalized spacial score (nSPS) is 10.3. The van der Waals surface area contributed by atoms with E-state index in [0.29, 0.717) is 40.1 Å². The highest BCUT2D eigenvalue weighted by molar-refractivity contribution is 9.10. The molecule has 0 radical (unpaired) electrons. The van der Waals surface area contributed by atoms with E-state index in [4.69, 9.17) is 21.1 Å². The zero-order chi connectivity index (χ0) is 19.2. The molecule has 0 fully saturated rings. The lowest BCUT2D eigenvalue weighted by atomic mass is 10.2. The minimum atomic E-state index is -0.204. The van der Waals surface area contributed by atoms with E-state index >= 15 is 0 Å². The lowest BCUT2D eigenvalue weighted by molar-refractivity contribution is 0.102. The Kier molecular flexibility index (Phi) is 6.37. The van der Waals surface area contributed by atoms with Crippen LogP contribution in [0.5, 0.6) is 17.2 Å². The van der Waals surface area contributed by atoms with Gasteiger partial charge >= 0.3 is 0 Å². The number of carbonyl (C=O) groups is 1. The average molecular weight is 447 g/mol. The molecule has 6 heteroatoms. The van der Waals surface area contributed by atoms with Gasteiger partial charge in [-0.05, 0) is 89.6 Å². The van der Waals surface area contributed by atoms with Gasteiger partial charge in [0.25, 0.3) is 5.91 Å². The van der Waals surface area contributed by atoms with E-state index in [0.717, 1.165) is 4.47 Å². The van der Waals surface area contributed by atoms with Crippen LogP contribution in [-0.4, -0.2) is 12.5 Å². The summed E-state index contributed by atoms with van der Waals surface area (Å²) in [4.78, 5) is 12.4. The molecule has 3 aromatic carbocycles. The van der Waals surface area contributed by atoms with Gasteiger partial charge in [0.15, 0.2) is 0 Å². The molecule has 4 nitrogen and oxygen atoms in total. The summed E-state index contributed by atoms with van der Waals surface area (Å²) in [7, 11) is 0. The Hall–Kier alpha value is -2.50. The summed E-state index contributed by atoms with van der Waals surface area (Å²) < 4.78 is 11.9. The van der Waals surface area contributed by atoms with Crippen LogP contribution in [0.4, 0.5) is 5.69 Å². The summed E-state index contributed by atoms with van der Waals surface area (Å²) in [5.74, 6) is 1.86. The SMILES string of the molecule is CCOc1ccc(C(=O)Nc2ccc(Oc3ccc(Cl)cc3)cc2)cc1Br. The lowest BCUT2D eigenvalue weighted by Gasteiger charge is -2.10. The van der Waals surface area contributed by atoms with Crippen LogP contribution < -0.4 is 14.8 Å². The van der Waals surface area contributed by atoms with Crippen molar-refractivity contribution >= 4 is 39.1 Å². The largest absolute Gasteiger partial charge is 0.493 e. The number of carbonyl (C=O) groups excluding carboxylic acids is 1. The first-order valence-corrected chi connectivity index (χ1v) is 9.49. The number of anilines is 1. The molecule has 3 rings (SSSR count). The molecule has 1 amide bonds. The Morgan fingerprint density at radius 3 is 2.22 bits per heavy atom. The fourth-order valence-corrected chi connectivity index (χ4v) is 2.98. The first-order chi connectivity index (χ1) is 13.0. The molecule has 138 valence electrons. The van der Waals surface area contributed by atoms with Gasteiger partial charge in [-0.15, -0.1) is 0 Å². The van der Waals surface area contributed by atoms with Crippen LogP contribution in [-0.2, 0) is 0 Å². The summed E-state index contributed by atoms with van der Waals surface area (Å²) in [5, 5.41) is 3.52. The van der Waals surface area contributed by atoms with Crippen molar-refractivity contribution in [2.45, 2.75) is 6.92 Å². The van der Waals surface area contributed by atoms with Crippen LogP contribution in [0.15, 0.2) is 71.2 Å². The van der Waals surface area contributed by atoms with Gasteiger partial charge in [-0.2, -0.15) is 0 Å². The second-order valence-corrected chi connectivity index (χ2v) is 6.90. The number of benzene rings is 3. The number of hydrogen-bond donors (Lipinski definition) is 1. The molecule has 3 aromatic rings. The smallest absolute Gasteiger partial charge is 0.255 e. The number of halogens is 2. The maximum absolute atomic E-state index is 12.4. The van der Waals surface area contributed by atoms with Crippen LogP contribution in [0, 0.1) is 0 Å². The fourth-order valence-electron chi connectivity index (χ4n) is 2.36. The number of ether oxygens (including phenoxy) is 2. The van der Waals surface area contributed by atoms with E-state index in [1.54, 1.807) is 66.7 Å². The van der Waals surface area contributed by atoms with E-state index in [-0.39, 0.29) is 5.91 Å². The van der Waals surface area contributed by atoms with Gasteiger partial charge in [-0.1, -0.05) is 11.6 Å². The molecule has 0 spiro atoms. The molecular weight excluding hydrogens is 430 g/mol. The third kappa shape index (κ3) is 5.25. The second kappa shape index (κ2) is 8.93. The van der Waals surface area contributed by atoms with Crippen LogP contribution in [0.25, 0.3) is 0 Å². The molecule has 0 aromatic heterocycles. The zero-order valence-corrected chi connectivity index (χ0v) is 16.9. The van der Waals surface area contributed by atoms with Gasteiger partial charge in [-0.3, -0.25) is 4.79 Å². The maximum Gasteiger partial charge on any atom is 0.255 e. The number of amides is 1. The predicted molar refractivity (Wildman–Crippen MR) is 111 cm³/mol. The van der Waals surface area contributed by atoms with Crippen LogP contribution >= 0.6 is 27.5 Å². The monoisotopic (exact) mass is 445 g/mol. The molecular formula is C21H17BrClNO3. The molecule has 0 aliphatic rings. The van der Waals surface area contributed by atoms with Crippen molar-refractivity contribution in [3.8, 4) is 17.2 Å². The Morgan fingerprint density at radius 1 is 1.00 bits per heavy atom. The molecule has 0 aliphatic heterocycles. The Balaban J connectivity index is 1.64. The second-order valence-electron chi connectivity index (χ2n) is 5.61. The Morgan fingerprint density at radius 2 is 1.63 bits per heavy atom. The molecule has 0 aliphatic carbocycles. The molecule has 0 saturated heterocycles. The Bertz CT molecular complexity index is 927. The minimum absolute atomic E-state index is 0.204. The highest BCUT2D eigenvalue weighted by Gasteiger charge is 2.10. The summed E-state index contributed by atoms with van der Waals surface area (Å²) in [6.45, 7) is 2.47. The van der Waals surface area contributed by atoms with E-state index in [1.165, 1.54) is 0 Å². The molecule has 0 atom stereocenters. The van der Waals surface area contributed by atoms with Crippen molar-refractivity contribution in [3.63, 3.8) is 0 Å². The summed E-state index contributed by atoms with van der Waals surface area (Å²) in [5.41, 5.74) is 1.21. The molecule has 0 bridgehead atoms. The van der Waals surface area contributed by atoms with Gasteiger partial charge in [0.05, 0.1) is 11.1 Å².